The normalized spacial score (nSPS) is 11.7. The molecule has 0 N–H and O–H groups in total. The molecule has 1 rings (SSSR count). The summed E-state index contributed by atoms with van der Waals surface area (Å²) in [6.45, 7) is 0. The lowest BCUT2D eigenvalue weighted by atomic mass is 10.2. The Labute approximate surface area is 90.3 Å². The van der Waals surface area contributed by atoms with E-state index in [1.807, 2.05) is 0 Å². The molecule has 1 aromatic carbocycles. The Bertz CT molecular complexity index is 383. The number of benzene rings is 1. The highest BCUT2D eigenvalue weighted by Crippen LogP contribution is 2.23. The van der Waals surface area contributed by atoms with Crippen molar-refractivity contribution in [3.8, 4) is 5.75 Å². The third kappa shape index (κ3) is 4.63. The molecular formula is C11H8F3O2. The second-order valence-electron chi connectivity index (χ2n) is 2.87. The Morgan fingerprint density at radius 3 is 2.75 bits per heavy atom. The summed E-state index contributed by atoms with van der Waals surface area (Å²) in [4.78, 5) is 9.90. The summed E-state index contributed by atoms with van der Waals surface area (Å²) in [7, 11) is 0. The summed E-state index contributed by atoms with van der Waals surface area (Å²) in [6, 6.07) is 5.47. The van der Waals surface area contributed by atoms with E-state index in [0.29, 0.717) is 5.56 Å². The first-order chi connectivity index (χ1) is 7.51. The van der Waals surface area contributed by atoms with Crippen LogP contribution >= 0.6 is 0 Å². The molecule has 0 spiro atoms. The highest BCUT2D eigenvalue weighted by Gasteiger charge is 2.30. The van der Waals surface area contributed by atoms with Crippen LogP contribution in [0.5, 0.6) is 5.75 Å². The van der Waals surface area contributed by atoms with Gasteiger partial charge in [0, 0.05) is 6.42 Å². The number of hydrogen-bond acceptors (Lipinski definition) is 2. The molecule has 0 aliphatic rings. The number of halogens is 3. The summed E-state index contributed by atoms with van der Waals surface area (Å²) >= 11 is 0. The van der Waals surface area contributed by atoms with Crippen LogP contribution in [0.3, 0.4) is 0 Å². The van der Waals surface area contributed by atoms with Gasteiger partial charge in [0.1, 0.15) is 5.75 Å². The van der Waals surface area contributed by atoms with Crippen molar-refractivity contribution in [2.45, 2.75) is 12.8 Å². The van der Waals surface area contributed by atoms with Crippen molar-refractivity contribution in [2.24, 2.45) is 0 Å². The number of alkyl halides is 3. The summed E-state index contributed by atoms with van der Waals surface area (Å²) in [5.41, 5.74) is 0.525. The van der Waals surface area contributed by atoms with Gasteiger partial charge in [0.15, 0.2) is 0 Å². The van der Waals surface area contributed by atoms with Crippen LogP contribution in [0.2, 0.25) is 0 Å². The van der Waals surface area contributed by atoms with Gasteiger partial charge in [-0.3, -0.25) is 4.79 Å². The van der Waals surface area contributed by atoms with E-state index < -0.39 is 6.36 Å². The molecule has 0 aliphatic heterocycles. The Kier molecular flexibility index (Phi) is 4.10. The van der Waals surface area contributed by atoms with E-state index in [9.17, 15) is 18.0 Å². The molecule has 0 saturated carbocycles. The van der Waals surface area contributed by atoms with Gasteiger partial charge in [-0.2, -0.15) is 0 Å². The van der Waals surface area contributed by atoms with Crippen molar-refractivity contribution in [1.29, 1.82) is 0 Å². The summed E-state index contributed by atoms with van der Waals surface area (Å²) in [5, 5.41) is 0. The van der Waals surface area contributed by atoms with Crippen molar-refractivity contribution in [3.63, 3.8) is 0 Å². The zero-order chi connectivity index (χ0) is 12.0. The zero-order valence-corrected chi connectivity index (χ0v) is 8.12. The highest BCUT2D eigenvalue weighted by molar-refractivity contribution is 5.59. The van der Waals surface area contributed by atoms with Crippen LogP contribution in [0.25, 0.3) is 6.08 Å². The fourth-order valence-corrected chi connectivity index (χ4v) is 1.06. The third-order valence-electron chi connectivity index (χ3n) is 1.60. The molecule has 1 aromatic rings. The molecule has 0 amide bonds. The Hall–Kier alpha value is -1.78. The van der Waals surface area contributed by atoms with Crippen molar-refractivity contribution in [3.05, 3.63) is 35.9 Å². The minimum Gasteiger partial charge on any atom is -0.406 e. The third-order valence-corrected chi connectivity index (χ3v) is 1.60. The first kappa shape index (κ1) is 12.3. The smallest absolute Gasteiger partial charge is 0.406 e. The molecule has 0 atom stereocenters. The maximum atomic E-state index is 11.9. The van der Waals surface area contributed by atoms with Gasteiger partial charge in [-0.25, -0.2) is 0 Å². The number of ether oxygens (including phenoxy) is 1. The second-order valence-corrected chi connectivity index (χ2v) is 2.87. The number of carbonyl (C=O) groups excluding carboxylic acids is 1. The van der Waals surface area contributed by atoms with Gasteiger partial charge in [0.25, 0.3) is 0 Å². The van der Waals surface area contributed by atoms with Gasteiger partial charge >= 0.3 is 6.36 Å². The lowest BCUT2D eigenvalue weighted by Crippen LogP contribution is -2.17. The summed E-state index contributed by atoms with van der Waals surface area (Å²) in [5.74, 6) is -0.287. The molecule has 85 valence electrons. The molecule has 0 heterocycles. The number of hydrogen-bond donors (Lipinski definition) is 0. The molecule has 0 fully saturated rings. The van der Waals surface area contributed by atoms with Crippen molar-refractivity contribution in [2.75, 3.05) is 0 Å². The van der Waals surface area contributed by atoms with Crippen LogP contribution in [-0.4, -0.2) is 12.6 Å². The number of rotatable bonds is 4. The van der Waals surface area contributed by atoms with Gasteiger partial charge < -0.3 is 4.74 Å². The van der Waals surface area contributed by atoms with E-state index in [2.05, 4.69) is 4.74 Å². The van der Waals surface area contributed by atoms with Crippen LogP contribution in [-0.2, 0) is 4.79 Å². The van der Waals surface area contributed by atoms with E-state index in [0.717, 1.165) is 0 Å². The van der Waals surface area contributed by atoms with Gasteiger partial charge in [0.05, 0.1) is 0 Å². The molecule has 0 unspecified atom stereocenters. The molecule has 5 heteroatoms. The lowest BCUT2D eigenvalue weighted by Gasteiger charge is -2.08. The van der Waals surface area contributed by atoms with Gasteiger partial charge in [-0.15, -0.1) is 13.2 Å². The minimum absolute atomic E-state index is 0.102. The van der Waals surface area contributed by atoms with Gasteiger partial charge in [-0.05, 0) is 17.7 Å². The highest BCUT2D eigenvalue weighted by atomic mass is 19.4. The molecule has 2 nitrogen and oxygen atoms in total. The molecular weight excluding hydrogens is 221 g/mol. The summed E-state index contributed by atoms with van der Waals surface area (Å²) < 4.78 is 39.4. The van der Waals surface area contributed by atoms with E-state index in [-0.39, 0.29) is 12.2 Å². The average molecular weight is 229 g/mol. The summed E-state index contributed by atoms with van der Waals surface area (Å²) in [6.07, 6.45) is 0.0704. The van der Waals surface area contributed by atoms with Crippen LogP contribution in [0.4, 0.5) is 13.2 Å². The van der Waals surface area contributed by atoms with Gasteiger partial charge in [-0.1, -0.05) is 24.3 Å². The maximum absolute atomic E-state index is 11.9. The SMILES string of the molecule is O=[C]CC=Cc1cccc(OC(F)(F)F)c1. The lowest BCUT2D eigenvalue weighted by molar-refractivity contribution is -0.274. The molecule has 0 bridgehead atoms. The van der Waals surface area contributed by atoms with E-state index >= 15 is 0 Å². The Morgan fingerprint density at radius 1 is 1.38 bits per heavy atom. The second kappa shape index (κ2) is 5.34. The van der Waals surface area contributed by atoms with Crippen LogP contribution < -0.4 is 4.74 Å². The van der Waals surface area contributed by atoms with E-state index in [1.54, 1.807) is 12.4 Å². The van der Waals surface area contributed by atoms with Gasteiger partial charge in [0.2, 0.25) is 6.29 Å². The molecule has 0 saturated heterocycles. The van der Waals surface area contributed by atoms with E-state index in [4.69, 9.17) is 0 Å². The van der Waals surface area contributed by atoms with Crippen LogP contribution in [0.1, 0.15) is 12.0 Å². The Balaban J connectivity index is 2.75. The maximum Gasteiger partial charge on any atom is 0.573 e. The predicted octanol–water partition coefficient (Wildman–Crippen LogP) is 3.10. The van der Waals surface area contributed by atoms with Crippen LogP contribution in [0, 0.1) is 0 Å². The molecule has 16 heavy (non-hydrogen) atoms. The molecule has 1 radical (unpaired) electrons. The molecule has 0 aliphatic carbocycles. The van der Waals surface area contributed by atoms with Crippen molar-refractivity contribution < 1.29 is 22.7 Å². The Morgan fingerprint density at radius 2 is 2.12 bits per heavy atom. The number of allylic oxidation sites excluding steroid dienone is 1. The van der Waals surface area contributed by atoms with Crippen molar-refractivity contribution in [1.82, 2.24) is 0 Å². The zero-order valence-electron chi connectivity index (χ0n) is 8.12. The van der Waals surface area contributed by atoms with E-state index in [1.165, 1.54) is 30.4 Å². The fraction of sp³-hybridized carbons (Fsp3) is 0.182. The topological polar surface area (TPSA) is 26.3 Å². The monoisotopic (exact) mass is 229 g/mol. The standard InChI is InChI=1S/C11H8F3O2/c12-11(13,14)16-10-6-3-5-9(8-10)4-1-2-7-15/h1,3-6,8H,2H2. The first-order valence-corrected chi connectivity index (χ1v) is 4.38. The van der Waals surface area contributed by atoms with Crippen molar-refractivity contribution >= 4 is 12.4 Å². The largest absolute Gasteiger partial charge is 0.573 e. The van der Waals surface area contributed by atoms with Crippen LogP contribution in [0.15, 0.2) is 30.3 Å². The fourth-order valence-electron chi connectivity index (χ4n) is 1.06. The minimum atomic E-state index is -4.70. The predicted molar refractivity (Wildman–Crippen MR) is 52.5 cm³/mol. The average Bonchev–Trinajstić information content (AvgIpc) is 2.16. The first-order valence-electron chi connectivity index (χ1n) is 4.38. The quantitative estimate of drug-likeness (QED) is 0.792. The molecule has 0 aromatic heterocycles.